The van der Waals surface area contributed by atoms with Crippen LogP contribution in [-0.2, 0) is 4.79 Å². The second-order valence-corrected chi connectivity index (χ2v) is 5.03. The van der Waals surface area contributed by atoms with E-state index in [2.05, 4.69) is 5.32 Å². The zero-order valence-corrected chi connectivity index (χ0v) is 11.2. The number of nitrogens with zero attached hydrogens (tertiary/aromatic N) is 1. The molecule has 0 aromatic carbocycles. The molecule has 0 radical (unpaired) electrons. The summed E-state index contributed by atoms with van der Waals surface area (Å²) in [5.41, 5.74) is 0. The number of rotatable bonds is 6. The molecule has 1 heterocycles. The third kappa shape index (κ3) is 8.76. The van der Waals surface area contributed by atoms with Gasteiger partial charge in [-0.1, -0.05) is 0 Å². The van der Waals surface area contributed by atoms with Crippen LogP contribution >= 0.6 is 0 Å². The smallest absolute Gasteiger partial charge is 0.355 e. The maximum absolute atomic E-state index is 12.2. The van der Waals surface area contributed by atoms with E-state index >= 15 is 0 Å². The number of carbonyl (C=O) groups excluding carboxylic acids is 1. The fourth-order valence-corrected chi connectivity index (χ4v) is 2.12. The summed E-state index contributed by atoms with van der Waals surface area (Å²) >= 11 is 0. The second kappa shape index (κ2) is 7.30. The van der Waals surface area contributed by atoms with Crippen LogP contribution in [0.1, 0.15) is 6.42 Å². The first-order valence-electron chi connectivity index (χ1n) is 6.38. The highest BCUT2D eigenvalue weighted by Crippen LogP contribution is 2.22. The van der Waals surface area contributed by atoms with Crippen LogP contribution in [0.25, 0.3) is 0 Å². The monoisotopic (exact) mass is 321 g/mol. The van der Waals surface area contributed by atoms with Crippen LogP contribution < -0.4 is 10.6 Å². The Labute approximate surface area is 117 Å². The van der Waals surface area contributed by atoms with Gasteiger partial charge in [-0.15, -0.1) is 0 Å². The first kappa shape index (κ1) is 18.0. The lowest BCUT2D eigenvalue weighted by atomic mass is 10.1. The van der Waals surface area contributed by atoms with E-state index in [0.717, 1.165) is 0 Å². The SMILES string of the molecule is O=C(CNCC(F)(F)F)NCC1CCN(CC(F)(F)F)C1. The minimum Gasteiger partial charge on any atom is -0.355 e. The van der Waals surface area contributed by atoms with Crippen LogP contribution in [0.15, 0.2) is 0 Å². The number of hydrogen-bond donors (Lipinski definition) is 2. The van der Waals surface area contributed by atoms with Gasteiger partial charge in [-0.2, -0.15) is 26.3 Å². The third-order valence-corrected chi connectivity index (χ3v) is 2.97. The van der Waals surface area contributed by atoms with Crippen LogP contribution in [0.3, 0.4) is 0 Å². The largest absolute Gasteiger partial charge is 0.401 e. The minimum absolute atomic E-state index is 0.112. The van der Waals surface area contributed by atoms with Gasteiger partial charge in [0, 0.05) is 13.1 Å². The van der Waals surface area contributed by atoms with Crippen LogP contribution in [0.4, 0.5) is 26.3 Å². The number of amides is 1. The molecule has 0 aromatic heterocycles. The summed E-state index contributed by atoms with van der Waals surface area (Å²) in [7, 11) is 0. The quantitative estimate of drug-likeness (QED) is 0.721. The van der Waals surface area contributed by atoms with Crippen molar-refractivity contribution in [2.45, 2.75) is 18.8 Å². The summed E-state index contributed by atoms with van der Waals surface area (Å²) in [6.45, 7) is -2.03. The van der Waals surface area contributed by atoms with Crippen molar-refractivity contribution in [1.82, 2.24) is 15.5 Å². The van der Waals surface area contributed by atoms with Gasteiger partial charge in [0.2, 0.25) is 5.91 Å². The van der Waals surface area contributed by atoms with E-state index in [1.54, 1.807) is 0 Å². The lowest BCUT2D eigenvalue weighted by molar-refractivity contribution is -0.144. The highest BCUT2D eigenvalue weighted by molar-refractivity contribution is 5.77. The van der Waals surface area contributed by atoms with Crippen LogP contribution in [0.2, 0.25) is 0 Å². The van der Waals surface area contributed by atoms with Crippen molar-refractivity contribution in [3.63, 3.8) is 0 Å². The molecule has 0 bridgehead atoms. The minimum atomic E-state index is -4.39. The lowest BCUT2D eigenvalue weighted by Crippen LogP contribution is -2.40. The summed E-state index contributed by atoms with van der Waals surface area (Å²) in [4.78, 5) is 12.5. The molecule has 1 rings (SSSR count). The van der Waals surface area contributed by atoms with Gasteiger partial charge in [0.25, 0.3) is 0 Å². The molecule has 0 aliphatic carbocycles. The van der Waals surface area contributed by atoms with Crippen molar-refractivity contribution in [3.8, 4) is 0 Å². The molecule has 0 aromatic rings. The Balaban J connectivity index is 2.14. The van der Waals surface area contributed by atoms with E-state index in [1.807, 2.05) is 5.32 Å². The van der Waals surface area contributed by atoms with Gasteiger partial charge >= 0.3 is 12.4 Å². The zero-order chi connectivity index (χ0) is 16.1. The van der Waals surface area contributed by atoms with Gasteiger partial charge in [0.15, 0.2) is 0 Å². The molecule has 1 aliphatic rings. The lowest BCUT2D eigenvalue weighted by Gasteiger charge is -2.18. The van der Waals surface area contributed by atoms with E-state index in [-0.39, 0.29) is 19.0 Å². The normalized spacial score (nSPS) is 20.8. The van der Waals surface area contributed by atoms with E-state index in [1.165, 1.54) is 4.90 Å². The summed E-state index contributed by atoms with van der Waals surface area (Å²) in [5.74, 6) is -0.715. The Kier molecular flexibility index (Phi) is 6.26. The van der Waals surface area contributed by atoms with Crippen molar-refractivity contribution in [1.29, 1.82) is 0 Å². The summed E-state index contributed by atoms with van der Waals surface area (Å²) < 4.78 is 72.0. The maximum Gasteiger partial charge on any atom is 0.401 e. The second-order valence-electron chi connectivity index (χ2n) is 5.03. The average Bonchev–Trinajstić information content (AvgIpc) is 2.69. The van der Waals surface area contributed by atoms with Crippen molar-refractivity contribution < 1.29 is 31.1 Å². The van der Waals surface area contributed by atoms with Crippen molar-refractivity contribution in [3.05, 3.63) is 0 Å². The maximum atomic E-state index is 12.2. The number of alkyl halides is 6. The molecule has 1 fully saturated rings. The van der Waals surface area contributed by atoms with Gasteiger partial charge in [-0.3, -0.25) is 9.69 Å². The molecular formula is C11H17F6N3O. The van der Waals surface area contributed by atoms with Crippen LogP contribution in [0.5, 0.6) is 0 Å². The van der Waals surface area contributed by atoms with E-state index in [0.29, 0.717) is 13.0 Å². The molecule has 124 valence electrons. The predicted molar refractivity (Wildman–Crippen MR) is 62.5 cm³/mol. The number of hydrogen-bond acceptors (Lipinski definition) is 3. The molecule has 2 N–H and O–H groups in total. The summed E-state index contributed by atoms with van der Waals surface area (Å²) in [6, 6.07) is 0. The summed E-state index contributed by atoms with van der Waals surface area (Å²) in [6.07, 6.45) is -8.12. The van der Waals surface area contributed by atoms with E-state index in [9.17, 15) is 31.1 Å². The average molecular weight is 321 g/mol. The molecule has 21 heavy (non-hydrogen) atoms. The standard InChI is InChI=1S/C11H17F6N3O/c12-10(13,14)6-18-4-9(21)19-3-8-1-2-20(5-8)7-11(15,16)17/h8,18H,1-7H2,(H,19,21). The van der Waals surface area contributed by atoms with Gasteiger partial charge < -0.3 is 10.6 Å². The Morgan fingerprint density at radius 1 is 1.14 bits per heavy atom. The molecule has 1 atom stereocenters. The van der Waals surface area contributed by atoms with Crippen LogP contribution in [-0.4, -0.2) is 62.4 Å². The molecule has 1 saturated heterocycles. The van der Waals surface area contributed by atoms with Gasteiger partial charge in [0.1, 0.15) is 0 Å². The molecule has 4 nitrogen and oxygen atoms in total. The third-order valence-electron chi connectivity index (χ3n) is 2.97. The Morgan fingerprint density at radius 2 is 1.81 bits per heavy atom. The fraction of sp³-hybridized carbons (Fsp3) is 0.909. The molecule has 1 aliphatic heterocycles. The zero-order valence-electron chi connectivity index (χ0n) is 11.2. The topological polar surface area (TPSA) is 44.4 Å². The molecule has 1 amide bonds. The van der Waals surface area contributed by atoms with Gasteiger partial charge in [0.05, 0.1) is 19.6 Å². The van der Waals surface area contributed by atoms with Crippen molar-refractivity contribution >= 4 is 5.91 Å². The van der Waals surface area contributed by atoms with Gasteiger partial charge in [-0.25, -0.2) is 0 Å². The van der Waals surface area contributed by atoms with E-state index in [4.69, 9.17) is 0 Å². The highest BCUT2D eigenvalue weighted by atomic mass is 19.4. The number of carbonyl (C=O) groups is 1. The molecule has 1 unspecified atom stereocenters. The molecule has 0 spiro atoms. The van der Waals surface area contributed by atoms with Crippen molar-refractivity contribution in [2.75, 3.05) is 39.3 Å². The fourth-order valence-electron chi connectivity index (χ4n) is 2.12. The number of nitrogens with one attached hydrogen (secondary N) is 2. The van der Waals surface area contributed by atoms with Crippen molar-refractivity contribution in [2.24, 2.45) is 5.92 Å². The molecule has 0 saturated carbocycles. The Bertz CT molecular complexity index is 344. The first-order chi connectivity index (χ1) is 9.55. The number of likely N-dealkylation sites (tertiary alicyclic amines) is 1. The van der Waals surface area contributed by atoms with Crippen LogP contribution in [0, 0.1) is 5.92 Å². The van der Waals surface area contributed by atoms with E-state index < -0.39 is 37.9 Å². The highest BCUT2D eigenvalue weighted by Gasteiger charge is 2.34. The predicted octanol–water partition coefficient (Wildman–Crippen LogP) is 1.14. The Hall–Kier alpha value is -1.03. The first-order valence-corrected chi connectivity index (χ1v) is 6.38. The molecular weight excluding hydrogens is 304 g/mol. The molecule has 10 heteroatoms. The Morgan fingerprint density at radius 3 is 2.38 bits per heavy atom. The summed E-state index contributed by atoms with van der Waals surface area (Å²) in [5, 5.41) is 4.36. The number of halogens is 6. The van der Waals surface area contributed by atoms with Gasteiger partial charge in [-0.05, 0) is 18.9 Å².